The van der Waals surface area contributed by atoms with Gasteiger partial charge in [0.1, 0.15) is 18.8 Å². The Morgan fingerprint density at radius 3 is 2.31 bits per heavy atom. The maximum Gasteiger partial charge on any atom is 0.286 e. The third-order valence-electron chi connectivity index (χ3n) is 4.13. The van der Waals surface area contributed by atoms with Crippen LogP contribution in [0.2, 0.25) is 0 Å². The highest BCUT2D eigenvalue weighted by molar-refractivity contribution is 6.07. The van der Waals surface area contributed by atoms with Gasteiger partial charge < -0.3 is 20.1 Å². The number of nitrogens with one attached hydrogen (secondary N) is 2. The predicted octanol–water partition coefficient (Wildman–Crippen LogP) is 2.69. The third kappa shape index (κ3) is 5.01. The summed E-state index contributed by atoms with van der Waals surface area (Å²) in [5.74, 6) is -0.204. The van der Waals surface area contributed by atoms with Crippen molar-refractivity contribution in [3.63, 3.8) is 0 Å². The summed E-state index contributed by atoms with van der Waals surface area (Å²) in [6.07, 6.45) is 0.222. The number of fused-ring (bicyclic) bond motifs is 1. The first-order chi connectivity index (χ1) is 13.8. The van der Waals surface area contributed by atoms with E-state index in [0.29, 0.717) is 18.0 Å². The average Bonchev–Trinajstić information content (AvgIpc) is 2.67. The molecular formula is C20H21N3O6. The molecule has 0 atom stereocenters. The van der Waals surface area contributed by atoms with E-state index in [-0.39, 0.29) is 42.0 Å². The zero-order valence-electron chi connectivity index (χ0n) is 16.1. The van der Waals surface area contributed by atoms with Crippen LogP contribution in [0, 0.1) is 10.1 Å². The Morgan fingerprint density at radius 2 is 1.72 bits per heavy atom. The second kappa shape index (κ2) is 8.59. The van der Waals surface area contributed by atoms with Gasteiger partial charge in [-0.3, -0.25) is 19.7 Å². The Labute approximate surface area is 167 Å². The number of nitro benzene ring substituents is 1. The van der Waals surface area contributed by atoms with E-state index in [1.165, 1.54) is 12.1 Å². The summed E-state index contributed by atoms with van der Waals surface area (Å²) >= 11 is 0. The molecule has 152 valence electrons. The van der Waals surface area contributed by atoms with Crippen LogP contribution in [-0.2, 0) is 11.2 Å². The quantitative estimate of drug-likeness (QED) is 0.569. The van der Waals surface area contributed by atoms with Crippen molar-refractivity contribution in [2.75, 3.05) is 18.5 Å². The molecule has 0 radical (unpaired) electrons. The number of carbonyl (C=O) groups excluding carboxylic acids is 2. The van der Waals surface area contributed by atoms with Crippen molar-refractivity contribution >= 4 is 23.2 Å². The third-order valence-corrected chi connectivity index (χ3v) is 4.13. The molecule has 0 aliphatic carbocycles. The van der Waals surface area contributed by atoms with Crippen molar-refractivity contribution in [1.82, 2.24) is 5.32 Å². The average molecular weight is 399 g/mol. The van der Waals surface area contributed by atoms with E-state index in [4.69, 9.17) is 9.47 Å². The molecule has 0 bridgehead atoms. The van der Waals surface area contributed by atoms with Gasteiger partial charge in [-0.1, -0.05) is 12.1 Å². The summed E-state index contributed by atoms with van der Waals surface area (Å²) in [5.41, 5.74) is 0.743. The van der Waals surface area contributed by atoms with E-state index in [1.807, 2.05) is 13.8 Å². The van der Waals surface area contributed by atoms with Crippen molar-refractivity contribution < 1.29 is 24.0 Å². The maximum atomic E-state index is 12.6. The van der Waals surface area contributed by atoms with Crippen LogP contribution in [0.1, 0.15) is 29.8 Å². The van der Waals surface area contributed by atoms with Crippen LogP contribution < -0.4 is 20.1 Å². The fraction of sp³-hybridized carbons (Fsp3) is 0.300. The molecule has 9 nitrogen and oxygen atoms in total. The van der Waals surface area contributed by atoms with E-state index < -0.39 is 10.8 Å². The van der Waals surface area contributed by atoms with Crippen LogP contribution in [0.3, 0.4) is 0 Å². The van der Waals surface area contributed by atoms with Gasteiger partial charge in [0.05, 0.1) is 17.4 Å². The van der Waals surface area contributed by atoms with Crippen molar-refractivity contribution in [1.29, 1.82) is 0 Å². The number of carbonyl (C=O) groups is 2. The molecule has 2 amide bonds. The SMILES string of the molecule is CC(C)NC(=O)Cc1ccc(NC(=O)c2cc3c(cc2[N+](=O)[O-])OCCO3)cc1. The van der Waals surface area contributed by atoms with Gasteiger partial charge in [0.2, 0.25) is 5.91 Å². The first-order valence-electron chi connectivity index (χ1n) is 9.11. The Balaban J connectivity index is 1.75. The molecule has 0 aromatic heterocycles. The van der Waals surface area contributed by atoms with Crippen molar-refractivity contribution in [2.45, 2.75) is 26.3 Å². The molecule has 9 heteroatoms. The molecule has 1 aliphatic heterocycles. The van der Waals surface area contributed by atoms with Crippen LogP contribution >= 0.6 is 0 Å². The van der Waals surface area contributed by atoms with Crippen LogP contribution in [0.25, 0.3) is 0 Å². The number of nitro groups is 1. The molecule has 2 aromatic carbocycles. The van der Waals surface area contributed by atoms with E-state index in [9.17, 15) is 19.7 Å². The summed E-state index contributed by atoms with van der Waals surface area (Å²) in [6.45, 7) is 4.36. The second-order valence-electron chi connectivity index (χ2n) is 6.82. The summed E-state index contributed by atoms with van der Waals surface area (Å²) in [5, 5.41) is 16.8. The topological polar surface area (TPSA) is 120 Å². The molecule has 1 aliphatic rings. The standard InChI is InChI=1S/C20H21N3O6/c1-12(2)21-19(24)9-13-3-5-14(6-4-13)22-20(25)15-10-17-18(29-8-7-28-17)11-16(15)23(26)27/h3-6,10-12H,7-9H2,1-2H3,(H,21,24)(H,22,25). The molecule has 3 rings (SSSR count). The zero-order valence-corrected chi connectivity index (χ0v) is 16.1. The molecule has 2 aromatic rings. The molecule has 0 unspecified atom stereocenters. The number of benzene rings is 2. The van der Waals surface area contributed by atoms with Crippen molar-refractivity contribution in [2.24, 2.45) is 0 Å². The zero-order chi connectivity index (χ0) is 21.0. The van der Waals surface area contributed by atoms with E-state index in [0.717, 1.165) is 5.56 Å². The van der Waals surface area contributed by atoms with Crippen molar-refractivity contribution in [3.8, 4) is 11.5 Å². The minimum atomic E-state index is -0.640. The molecule has 29 heavy (non-hydrogen) atoms. The van der Waals surface area contributed by atoms with Gasteiger partial charge in [-0.25, -0.2) is 0 Å². The van der Waals surface area contributed by atoms with Gasteiger partial charge in [0, 0.05) is 17.8 Å². The Kier molecular flexibility index (Phi) is 5.96. The fourth-order valence-electron chi connectivity index (χ4n) is 2.87. The number of hydrogen-bond acceptors (Lipinski definition) is 6. The highest BCUT2D eigenvalue weighted by Gasteiger charge is 2.26. The summed E-state index contributed by atoms with van der Waals surface area (Å²) < 4.78 is 10.8. The molecule has 2 N–H and O–H groups in total. The normalized spacial score (nSPS) is 12.4. The van der Waals surface area contributed by atoms with Crippen molar-refractivity contribution in [3.05, 3.63) is 57.6 Å². The van der Waals surface area contributed by atoms with E-state index in [2.05, 4.69) is 10.6 Å². The lowest BCUT2D eigenvalue weighted by Crippen LogP contribution is -2.31. The number of hydrogen-bond donors (Lipinski definition) is 2. The highest BCUT2D eigenvalue weighted by atomic mass is 16.6. The smallest absolute Gasteiger partial charge is 0.286 e. The lowest BCUT2D eigenvalue weighted by molar-refractivity contribution is -0.385. The molecular weight excluding hydrogens is 378 g/mol. The van der Waals surface area contributed by atoms with Gasteiger partial charge in [0.15, 0.2) is 11.5 Å². The Bertz CT molecular complexity index is 940. The van der Waals surface area contributed by atoms with Gasteiger partial charge >= 0.3 is 0 Å². The minimum Gasteiger partial charge on any atom is -0.486 e. The second-order valence-corrected chi connectivity index (χ2v) is 6.82. The first-order valence-corrected chi connectivity index (χ1v) is 9.11. The Morgan fingerprint density at radius 1 is 1.10 bits per heavy atom. The maximum absolute atomic E-state index is 12.6. The van der Waals surface area contributed by atoms with Crippen LogP contribution in [0.4, 0.5) is 11.4 Å². The largest absolute Gasteiger partial charge is 0.486 e. The molecule has 0 saturated carbocycles. The van der Waals surface area contributed by atoms with Crippen LogP contribution in [0.15, 0.2) is 36.4 Å². The van der Waals surface area contributed by atoms with Gasteiger partial charge in [-0.05, 0) is 31.5 Å². The monoisotopic (exact) mass is 399 g/mol. The molecule has 0 saturated heterocycles. The number of amides is 2. The summed E-state index contributed by atoms with van der Waals surface area (Å²) in [7, 11) is 0. The van der Waals surface area contributed by atoms with Gasteiger partial charge in [0.25, 0.3) is 11.6 Å². The molecule has 0 spiro atoms. The Hall–Kier alpha value is -3.62. The summed E-state index contributed by atoms with van der Waals surface area (Å²) in [4.78, 5) is 35.2. The lowest BCUT2D eigenvalue weighted by Gasteiger charge is -2.18. The van der Waals surface area contributed by atoms with E-state index >= 15 is 0 Å². The van der Waals surface area contributed by atoms with Gasteiger partial charge in [-0.15, -0.1) is 0 Å². The first kappa shape index (κ1) is 20.1. The van der Waals surface area contributed by atoms with Crippen LogP contribution in [-0.4, -0.2) is 36.0 Å². The fourth-order valence-corrected chi connectivity index (χ4v) is 2.87. The number of rotatable bonds is 6. The molecule has 1 heterocycles. The highest BCUT2D eigenvalue weighted by Crippen LogP contribution is 2.36. The molecule has 0 fully saturated rings. The van der Waals surface area contributed by atoms with Crippen LogP contribution in [0.5, 0.6) is 11.5 Å². The predicted molar refractivity (Wildman–Crippen MR) is 105 cm³/mol. The summed E-state index contributed by atoms with van der Waals surface area (Å²) in [6, 6.07) is 9.27. The number of nitrogens with zero attached hydrogens (tertiary/aromatic N) is 1. The lowest BCUT2D eigenvalue weighted by atomic mass is 10.1. The van der Waals surface area contributed by atoms with Gasteiger partial charge in [-0.2, -0.15) is 0 Å². The minimum absolute atomic E-state index is 0.0582. The number of anilines is 1. The number of ether oxygens (including phenoxy) is 2. The van der Waals surface area contributed by atoms with E-state index in [1.54, 1.807) is 24.3 Å².